The molecule has 1 rings (SSSR count). The van der Waals surface area contributed by atoms with Gasteiger partial charge in [-0.05, 0) is 45.6 Å². The van der Waals surface area contributed by atoms with Crippen LogP contribution in [-0.4, -0.2) is 25.2 Å². The Kier molecular flexibility index (Phi) is 3.72. The highest BCUT2D eigenvalue weighted by molar-refractivity contribution is 5.31. The molecule has 3 N–H and O–H groups in total. The van der Waals surface area contributed by atoms with Gasteiger partial charge in [0.1, 0.15) is 5.75 Å². The van der Waals surface area contributed by atoms with Gasteiger partial charge in [-0.2, -0.15) is 0 Å². The smallest absolute Gasteiger partial charge is 0.115 e. The molecular weight excluding hydrogens is 188 g/mol. The highest BCUT2D eigenvalue weighted by atomic mass is 16.3. The fourth-order valence-electron chi connectivity index (χ4n) is 1.71. The van der Waals surface area contributed by atoms with Crippen LogP contribution >= 0.6 is 0 Å². The van der Waals surface area contributed by atoms with Gasteiger partial charge >= 0.3 is 0 Å². The topological polar surface area (TPSA) is 44.3 Å². The minimum Gasteiger partial charge on any atom is -0.508 e. The van der Waals surface area contributed by atoms with E-state index < -0.39 is 0 Å². The number of hydrogen-bond acceptors (Lipinski definition) is 3. The average molecular weight is 208 g/mol. The zero-order chi connectivity index (χ0) is 11.5. The first-order chi connectivity index (χ1) is 7.04. The van der Waals surface area contributed by atoms with Crippen LogP contribution in [0.25, 0.3) is 0 Å². The largest absolute Gasteiger partial charge is 0.508 e. The molecule has 84 valence electrons. The van der Waals surface area contributed by atoms with E-state index in [1.54, 1.807) is 12.1 Å². The SMILES string of the molecule is CNC(C)C(C)(NC)c1ccc(O)cc1. The molecule has 3 heteroatoms. The van der Waals surface area contributed by atoms with Crippen molar-refractivity contribution in [2.24, 2.45) is 0 Å². The molecular formula is C12H20N2O. The van der Waals surface area contributed by atoms with Crippen molar-refractivity contribution >= 4 is 0 Å². The third kappa shape index (κ3) is 2.30. The molecule has 1 aromatic carbocycles. The summed E-state index contributed by atoms with van der Waals surface area (Å²) in [5, 5.41) is 15.8. The van der Waals surface area contributed by atoms with Crippen LogP contribution in [0.1, 0.15) is 19.4 Å². The Labute approximate surface area is 91.5 Å². The van der Waals surface area contributed by atoms with Gasteiger partial charge in [0.2, 0.25) is 0 Å². The average Bonchev–Trinajstić information content (AvgIpc) is 2.27. The van der Waals surface area contributed by atoms with Crippen molar-refractivity contribution in [2.45, 2.75) is 25.4 Å². The van der Waals surface area contributed by atoms with Crippen molar-refractivity contribution in [1.82, 2.24) is 10.6 Å². The van der Waals surface area contributed by atoms with Crippen LogP contribution in [0, 0.1) is 0 Å². The maximum atomic E-state index is 9.25. The lowest BCUT2D eigenvalue weighted by Crippen LogP contribution is -2.51. The van der Waals surface area contributed by atoms with Crippen molar-refractivity contribution in [1.29, 1.82) is 0 Å². The standard InChI is InChI=1S/C12H20N2O/c1-9(13-3)12(2,14-4)10-5-7-11(15)8-6-10/h5-9,13-15H,1-4H3. The number of phenols is 1. The summed E-state index contributed by atoms with van der Waals surface area (Å²) in [7, 11) is 3.89. The van der Waals surface area contributed by atoms with Gasteiger partial charge in [0.25, 0.3) is 0 Å². The molecule has 0 spiro atoms. The molecule has 0 saturated carbocycles. The number of hydrogen-bond donors (Lipinski definition) is 3. The van der Waals surface area contributed by atoms with Gasteiger partial charge in [0, 0.05) is 6.04 Å². The number of rotatable bonds is 4. The summed E-state index contributed by atoms with van der Waals surface area (Å²) in [6, 6.07) is 7.62. The van der Waals surface area contributed by atoms with Crippen molar-refractivity contribution in [3.63, 3.8) is 0 Å². The zero-order valence-electron chi connectivity index (χ0n) is 9.83. The zero-order valence-corrected chi connectivity index (χ0v) is 9.83. The second kappa shape index (κ2) is 4.64. The van der Waals surface area contributed by atoms with Crippen molar-refractivity contribution < 1.29 is 5.11 Å². The first-order valence-electron chi connectivity index (χ1n) is 5.20. The van der Waals surface area contributed by atoms with Crippen LogP contribution < -0.4 is 10.6 Å². The third-order valence-electron chi connectivity index (χ3n) is 3.29. The second-order valence-corrected chi connectivity index (χ2v) is 4.01. The third-order valence-corrected chi connectivity index (χ3v) is 3.29. The summed E-state index contributed by atoms with van der Waals surface area (Å²) in [6.07, 6.45) is 0. The van der Waals surface area contributed by atoms with E-state index in [0.29, 0.717) is 11.8 Å². The minimum absolute atomic E-state index is 0.136. The molecule has 0 fully saturated rings. The molecule has 0 saturated heterocycles. The van der Waals surface area contributed by atoms with Crippen LogP contribution in [-0.2, 0) is 5.54 Å². The van der Waals surface area contributed by atoms with Crippen LogP contribution in [0.4, 0.5) is 0 Å². The molecule has 0 bridgehead atoms. The van der Waals surface area contributed by atoms with E-state index in [1.165, 1.54) is 0 Å². The van der Waals surface area contributed by atoms with Gasteiger partial charge in [-0.15, -0.1) is 0 Å². The molecule has 0 radical (unpaired) electrons. The molecule has 3 nitrogen and oxygen atoms in total. The normalized spacial score (nSPS) is 17.1. The maximum absolute atomic E-state index is 9.25. The van der Waals surface area contributed by atoms with Crippen molar-refractivity contribution in [3.05, 3.63) is 29.8 Å². The Hall–Kier alpha value is -1.06. The molecule has 0 aromatic heterocycles. The number of aromatic hydroxyl groups is 1. The van der Waals surface area contributed by atoms with Gasteiger partial charge in [0.05, 0.1) is 5.54 Å². The molecule has 1 aromatic rings. The molecule has 0 amide bonds. The highest BCUT2D eigenvalue weighted by Gasteiger charge is 2.30. The predicted molar refractivity (Wildman–Crippen MR) is 63.0 cm³/mol. The van der Waals surface area contributed by atoms with Gasteiger partial charge < -0.3 is 15.7 Å². The van der Waals surface area contributed by atoms with Crippen LogP contribution in [0.15, 0.2) is 24.3 Å². The summed E-state index contributed by atoms with van der Waals surface area (Å²) in [5.41, 5.74) is 1.02. The molecule has 2 unspecified atom stereocenters. The number of phenolic OH excluding ortho intramolecular Hbond substituents is 1. The Balaban J connectivity index is 3.05. The monoisotopic (exact) mass is 208 g/mol. The molecule has 2 atom stereocenters. The first kappa shape index (κ1) is 12.0. The summed E-state index contributed by atoms with van der Waals surface area (Å²) >= 11 is 0. The summed E-state index contributed by atoms with van der Waals surface area (Å²) in [6.45, 7) is 4.27. The van der Waals surface area contributed by atoms with Crippen LogP contribution in [0.2, 0.25) is 0 Å². The Morgan fingerprint density at radius 2 is 1.73 bits per heavy atom. The molecule has 0 aliphatic rings. The van der Waals surface area contributed by atoms with Crippen LogP contribution in [0.5, 0.6) is 5.75 Å². The molecule has 0 heterocycles. The van der Waals surface area contributed by atoms with E-state index in [0.717, 1.165) is 5.56 Å². The molecule has 0 aliphatic heterocycles. The number of benzene rings is 1. The Morgan fingerprint density at radius 1 is 1.20 bits per heavy atom. The summed E-state index contributed by atoms with van der Waals surface area (Å²) < 4.78 is 0. The molecule has 0 aliphatic carbocycles. The maximum Gasteiger partial charge on any atom is 0.115 e. The fraction of sp³-hybridized carbons (Fsp3) is 0.500. The number of likely N-dealkylation sites (N-methyl/N-ethyl adjacent to an activating group) is 2. The first-order valence-corrected chi connectivity index (χ1v) is 5.20. The van der Waals surface area contributed by atoms with Gasteiger partial charge in [-0.25, -0.2) is 0 Å². The van der Waals surface area contributed by atoms with E-state index in [-0.39, 0.29) is 5.54 Å². The highest BCUT2D eigenvalue weighted by Crippen LogP contribution is 2.25. The summed E-state index contributed by atoms with van der Waals surface area (Å²) in [5.74, 6) is 0.300. The number of nitrogens with one attached hydrogen (secondary N) is 2. The van der Waals surface area contributed by atoms with E-state index in [4.69, 9.17) is 0 Å². The fourth-order valence-corrected chi connectivity index (χ4v) is 1.71. The lowest BCUT2D eigenvalue weighted by Gasteiger charge is -2.36. The lowest BCUT2D eigenvalue weighted by atomic mass is 9.85. The predicted octanol–water partition coefficient (Wildman–Crippen LogP) is 1.43. The minimum atomic E-state index is -0.136. The Morgan fingerprint density at radius 3 is 2.13 bits per heavy atom. The van der Waals surface area contributed by atoms with E-state index in [1.807, 2.05) is 26.2 Å². The van der Waals surface area contributed by atoms with Crippen molar-refractivity contribution in [2.75, 3.05) is 14.1 Å². The van der Waals surface area contributed by atoms with Gasteiger partial charge in [-0.3, -0.25) is 0 Å². The quantitative estimate of drug-likeness (QED) is 0.701. The van der Waals surface area contributed by atoms with E-state index in [2.05, 4.69) is 24.5 Å². The second-order valence-electron chi connectivity index (χ2n) is 4.01. The van der Waals surface area contributed by atoms with E-state index >= 15 is 0 Å². The molecule has 15 heavy (non-hydrogen) atoms. The summed E-state index contributed by atoms with van der Waals surface area (Å²) in [4.78, 5) is 0. The van der Waals surface area contributed by atoms with Gasteiger partial charge in [0.15, 0.2) is 0 Å². The van der Waals surface area contributed by atoms with Gasteiger partial charge in [-0.1, -0.05) is 12.1 Å². The van der Waals surface area contributed by atoms with Crippen LogP contribution in [0.3, 0.4) is 0 Å². The van der Waals surface area contributed by atoms with E-state index in [9.17, 15) is 5.11 Å². The van der Waals surface area contributed by atoms with Crippen molar-refractivity contribution in [3.8, 4) is 5.75 Å². The lowest BCUT2D eigenvalue weighted by molar-refractivity contribution is 0.301. The Bertz CT molecular complexity index is 310.